The zero-order valence-corrected chi connectivity index (χ0v) is 16.4. The van der Waals surface area contributed by atoms with Crippen molar-refractivity contribution in [2.24, 2.45) is 0 Å². The number of carbonyl (C=O) groups excluding carboxylic acids is 1. The third-order valence-electron chi connectivity index (χ3n) is 4.79. The SMILES string of the molecule is CCOc1ccc(-c2nnc(CCC(=O)N3CCCCC3)c(=O)[nH]2)cc1OC. The van der Waals surface area contributed by atoms with Gasteiger partial charge in [-0.2, -0.15) is 0 Å². The van der Waals surface area contributed by atoms with Crippen molar-refractivity contribution in [1.29, 1.82) is 0 Å². The summed E-state index contributed by atoms with van der Waals surface area (Å²) in [6.07, 6.45) is 3.82. The number of hydrogen-bond acceptors (Lipinski definition) is 6. The maximum Gasteiger partial charge on any atom is 0.273 e. The Balaban J connectivity index is 1.70. The number of aromatic amines is 1. The fourth-order valence-electron chi connectivity index (χ4n) is 3.27. The van der Waals surface area contributed by atoms with Gasteiger partial charge >= 0.3 is 0 Å². The van der Waals surface area contributed by atoms with Gasteiger partial charge in [0.15, 0.2) is 17.3 Å². The van der Waals surface area contributed by atoms with Crippen molar-refractivity contribution in [3.05, 3.63) is 34.2 Å². The molecule has 0 bridgehead atoms. The Morgan fingerprint density at radius 3 is 2.64 bits per heavy atom. The van der Waals surface area contributed by atoms with Crippen LogP contribution < -0.4 is 15.0 Å². The minimum Gasteiger partial charge on any atom is -0.493 e. The molecule has 0 spiro atoms. The van der Waals surface area contributed by atoms with Crippen LogP contribution in [0.15, 0.2) is 23.0 Å². The topological polar surface area (TPSA) is 97.4 Å². The van der Waals surface area contributed by atoms with Crippen LogP contribution in [-0.2, 0) is 11.2 Å². The summed E-state index contributed by atoms with van der Waals surface area (Å²) in [7, 11) is 1.55. The summed E-state index contributed by atoms with van der Waals surface area (Å²) >= 11 is 0. The number of H-pyrrole nitrogens is 1. The first-order chi connectivity index (χ1) is 13.6. The second kappa shape index (κ2) is 9.34. The van der Waals surface area contributed by atoms with Crippen molar-refractivity contribution in [2.45, 2.75) is 39.0 Å². The van der Waals surface area contributed by atoms with Gasteiger partial charge in [-0.15, -0.1) is 10.2 Å². The number of benzene rings is 1. The summed E-state index contributed by atoms with van der Waals surface area (Å²) in [4.78, 5) is 29.3. The predicted octanol–water partition coefficient (Wildman–Crippen LogP) is 2.18. The minimum atomic E-state index is -0.329. The van der Waals surface area contributed by atoms with Crippen LogP contribution >= 0.6 is 0 Å². The van der Waals surface area contributed by atoms with Gasteiger partial charge in [-0.1, -0.05) is 0 Å². The number of nitrogens with one attached hydrogen (secondary N) is 1. The number of piperidine rings is 1. The summed E-state index contributed by atoms with van der Waals surface area (Å²) in [6, 6.07) is 5.29. The normalized spacial score (nSPS) is 14.0. The number of likely N-dealkylation sites (tertiary alicyclic amines) is 1. The number of aryl methyl sites for hydroxylation is 1. The Hall–Kier alpha value is -2.90. The monoisotopic (exact) mass is 386 g/mol. The van der Waals surface area contributed by atoms with Gasteiger partial charge in [-0.05, 0) is 44.4 Å². The molecule has 1 aliphatic rings. The van der Waals surface area contributed by atoms with Crippen molar-refractivity contribution in [2.75, 3.05) is 26.8 Å². The van der Waals surface area contributed by atoms with E-state index in [2.05, 4.69) is 15.2 Å². The molecule has 1 saturated heterocycles. The molecule has 2 heterocycles. The molecule has 1 N–H and O–H groups in total. The maximum absolute atomic E-state index is 12.4. The van der Waals surface area contributed by atoms with Gasteiger partial charge in [0.1, 0.15) is 5.69 Å². The molecule has 1 fully saturated rings. The van der Waals surface area contributed by atoms with Crippen LogP contribution in [-0.4, -0.2) is 52.8 Å². The zero-order valence-electron chi connectivity index (χ0n) is 16.4. The lowest BCUT2D eigenvalue weighted by Crippen LogP contribution is -2.36. The van der Waals surface area contributed by atoms with Crippen molar-refractivity contribution in [3.63, 3.8) is 0 Å². The van der Waals surface area contributed by atoms with E-state index in [0.29, 0.717) is 29.5 Å². The highest BCUT2D eigenvalue weighted by Crippen LogP contribution is 2.30. The highest BCUT2D eigenvalue weighted by atomic mass is 16.5. The van der Waals surface area contributed by atoms with Crippen LogP contribution in [0.1, 0.15) is 38.3 Å². The number of rotatable bonds is 7. The second-order valence-electron chi connectivity index (χ2n) is 6.69. The largest absolute Gasteiger partial charge is 0.493 e. The van der Waals surface area contributed by atoms with E-state index in [-0.39, 0.29) is 30.0 Å². The first kappa shape index (κ1) is 19.9. The average molecular weight is 386 g/mol. The number of ether oxygens (including phenoxy) is 2. The summed E-state index contributed by atoms with van der Waals surface area (Å²) in [6.45, 7) is 4.03. The fourth-order valence-corrected chi connectivity index (χ4v) is 3.27. The Morgan fingerprint density at radius 1 is 1.18 bits per heavy atom. The van der Waals surface area contributed by atoms with Gasteiger partial charge in [0.05, 0.1) is 13.7 Å². The molecule has 8 nitrogen and oxygen atoms in total. The van der Waals surface area contributed by atoms with Crippen molar-refractivity contribution >= 4 is 5.91 Å². The number of amides is 1. The van der Waals surface area contributed by atoms with E-state index in [9.17, 15) is 9.59 Å². The molecule has 1 aromatic carbocycles. The van der Waals surface area contributed by atoms with Gasteiger partial charge in [-0.25, -0.2) is 0 Å². The van der Waals surface area contributed by atoms with Crippen LogP contribution in [0.4, 0.5) is 0 Å². The minimum absolute atomic E-state index is 0.0706. The number of hydrogen-bond donors (Lipinski definition) is 1. The van der Waals surface area contributed by atoms with Crippen LogP contribution in [0, 0.1) is 0 Å². The molecule has 3 rings (SSSR count). The molecule has 1 aliphatic heterocycles. The average Bonchev–Trinajstić information content (AvgIpc) is 2.73. The first-order valence-electron chi connectivity index (χ1n) is 9.67. The lowest BCUT2D eigenvalue weighted by atomic mass is 10.1. The summed E-state index contributed by atoms with van der Waals surface area (Å²) in [5, 5.41) is 8.17. The first-order valence-corrected chi connectivity index (χ1v) is 9.67. The van der Waals surface area contributed by atoms with E-state index < -0.39 is 0 Å². The Morgan fingerprint density at radius 2 is 1.96 bits per heavy atom. The lowest BCUT2D eigenvalue weighted by Gasteiger charge is -2.26. The molecular weight excluding hydrogens is 360 g/mol. The van der Waals surface area contributed by atoms with Gasteiger partial charge in [-0.3, -0.25) is 9.59 Å². The van der Waals surface area contributed by atoms with E-state index in [4.69, 9.17) is 9.47 Å². The van der Waals surface area contributed by atoms with Gasteiger partial charge in [0.25, 0.3) is 5.56 Å². The quantitative estimate of drug-likeness (QED) is 0.783. The molecule has 0 unspecified atom stereocenters. The van der Waals surface area contributed by atoms with E-state index in [1.54, 1.807) is 25.3 Å². The van der Waals surface area contributed by atoms with Crippen LogP contribution in [0.25, 0.3) is 11.4 Å². The summed E-state index contributed by atoms with van der Waals surface area (Å²) in [5.41, 5.74) is 0.608. The van der Waals surface area contributed by atoms with E-state index in [0.717, 1.165) is 25.9 Å². The third kappa shape index (κ3) is 4.68. The molecule has 150 valence electrons. The van der Waals surface area contributed by atoms with Gasteiger partial charge in [0.2, 0.25) is 5.91 Å². The smallest absolute Gasteiger partial charge is 0.273 e. The molecule has 1 amide bonds. The number of methoxy groups -OCH3 is 1. The van der Waals surface area contributed by atoms with Crippen LogP contribution in [0.2, 0.25) is 0 Å². The fraction of sp³-hybridized carbons (Fsp3) is 0.500. The van der Waals surface area contributed by atoms with E-state index in [1.807, 2.05) is 11.8 Å². The number of nitrogens with zero attached hydrogens (tertiary/aromatic N) is 3. The second-order valence-corrected chi connectivity index (χ2v) is 6.69. The summed E-state index contributed by atoms with van der Waals surface area (Å²) < 4.78 is 10.8. The lowest BCUT2D eigenvalue weighted by molar-refractivity contribution is -0.132. The Labute approximate surface area is 163 Å². The van der Waals surface area contributed by atoms with Gasteiger partial charge < -0.3 is 19.4 Å². The van der Waals surface area contributed by atoms with E-state index in [1.165, 1.54) is 6.42 Å². The molecule has 0 aliphatic carbocycles. The van der Waals surface area contributed by atoms with Gasteiger partial charge in [0, 0.05) is 31.5 Å². The predicted molar refractivity (Wildman–Crippen MR) is 105 cm³/mol. The van der Waals surface area contributed by atoms with Crippen molar-refractivity contribution < 1.29 is 14.3 Å². The molecule has 1 aromatic heterocycles. The van der Waals surface area contributed by atoms with Crippen LogP contribution in [0.5, 0.6) is 11.5 Å². The van der Waals surface area contributed by atoms with E-state index >= 15 is 0 Å². The van der Waals surface area contributed by atoms with Crippen LogP contribution in [0.3, 0.4) is 0 Å². The highest BCUT2D eigenvalue weighted by Gasteiger charge is 2.17. The highest BCUT2D eigenvalue weighted by molar-refractivity contribution is 5.76. The van der Waals surface area contributed by atoms with Crippen molar-refractivity contribution in [1.82, 2.24) is 20.1 Å². The molecule has 0 saturated carbocycles. The Bertz CT molecular complexity index is 875. The maximum atomic E-state index is 12.4. The molecule has 28 heavy (non-hydrogen) atoms. The molecule has 2 aromatic rings. The summed E-state index contributed by atoms with van der Waals surface area (Å²) in [5.74, 6) is 1.59. The molecule has 0 atom stereocenters. The molecule has 0 radical (unpaired) electrons. The molecule has 8 heteroatoms. The number of carbonyl (C=O) groups is 1. The Kier molecular flexibility index (Phi) is 6.62. The standard InChI is InChI=1S/C20H26N4O4/c1-3-28-16-9-7-14(13-17(16)27-2)19-21-20(26)15(22-23-19)8-10-18(25)24-11-5-4-6-12-24/h7,9,13H,3-6,8,10-12H2,1-2H3,(H,21,23,26). The van der Waals surface area contributed by atoms with Crippen molar-refractivity contribution in [3.8, 4) is 22.9 Å². The third-order valence-corrected chi connectivity index (χ3v) is 4.79. The zero-order chi connectivity index (χ0) is 19.9. The number of aromatic nitrogens is 3. The molecular formula is C20H26N4O4.